The third-order valence-corrected chi connectivity index (χ3v) is 2.72. The fourth-order valence-corrected chi connectivity index (χ4v) is 2.02. The van der Waals surface area contributed by atoms with Crippen LogP contribution in [-0.4, -0.2) is 5.88 Å². The molecule has 0 aromatic heterocycles. The Morgan fingerprint density at radius 3 is 2.83 bits per heavy atom. The summed E-state index contributed by atoms with van der Waals surface area (Å²) in [6, 6.07) is 8.46. The fraction of sp³-hybridized carbons (Fsp3) is 0.200. The van der Waals surface area contributed by atoms with Gasteiger partial charge in [-0.15, -0.1) is 11.8 Å². The predicted octanol–water partition coefficient (Wildman–Crippen LogP) is 2.98. The lowest BCUT2D eigenvalue weighted by molar-refractivity contribution is 1.17. The Morgan fingerprint density at radius 1 is 1.33 bits per heavy atom. The Hall–Kier alpha value is -0.890. The fourth-order valence-electron chi connectivity index (χ4n) is 1.32. The number of thioether (sulfide) groups is 1. The predicted molar refractivity (Wildman–Crippen MR) is 55.3 cm³/mol. The van der Waals surface area contributed by atoms with Crippen molar-refractivity contribution in [2.24, 2.45) is 0 Å². The first-order valence-corrected chi connectivity index (χ1v) is 5.03. The summed E-state index contributed by atoms with van der Waals surface area (Å²) in [4.78, 5) is 2.26. The molecule has 0 radical (unpaired) electrons. The zero-order valence-electron chi connectivity index (χ0n) is 7.03. The maximum Gasteiger partial charge on any atom is 0.0723 e. The van der Waals surface area contributed by atoms with Gasteiger partial charge in [-0.25, -0.2) is 0 Å². The highest BCUT2D eigenvalue weighted by Crippen LogP contribution is 2.26. The smallest absolute Gasteiger partial charge is 0.0723 e. The molecule has 0 bridgehead atoms. The van der Waals surface area contributed by atoms with Gasteiger partial charge in [-0.3, -0.25) is 0 Å². The van der Waals surface area contributed by atoms with Gasteiger partial charge in [-0.2, -0.15) is 0 Å². The normalized spacial score (nSPS) is 15.6. The zero-order valence-corrected chi connectivity index (χ0v) is 7.84. The molecule has 12 heavy (non-hydrogen) atoms. The van der Waals surface area contributed by atoms with E-state index in [1.165, 1.54) is 11.3 Å². The average Bonchev–Trinajstić information content (AvgIpc) is 2.57. The summed E-state index contributed by atoms with van der Waals surface area (Å²) in [5.74, 6) is 1.05. The third kappa shape index (κ3) is 1.34. The van der Waals surface area contributed by atoms with Crippen LogP contribution in [0.25, 0.3) is 0 Å². The Bertz CT molecular complexity index is 306. The molecule has 0 atom stereocenters. The van der Waals surface area contributed by atoms with Gasteiger partial charge in [0.15, 0.2) is 0 Å². The lowest BCUT2D eigenvalue weighted by Gasteiger charge is -2.16. The second-order valence-corrected chi connectivity index (χ2v) is 3.70. The first kappa shape index (κ1) is 7.74. The Labute approximate surface area is 77.1 Å². The van der Waals surface area contributed by atoms with Gasteiger partial charge in [-0.05, 0) is 24.0 Å². The molecule has 0 fully saturated rings. The number of para-hydroxylation sites is 1. The van der Waals surface area contributed by atoms with Crippen LogP contribution in [0.15, 0.2) is 35.9 Å². The highest BCUT2D eigenvalue weighted by molar-refractivity contribution is 8.02. The van der Waals surface area contributed by atoms with E-state index >= 15 is 0 Å². The van der Waals surface area contributed by atoms with Gasteiger partial charge in [-0.1, -0.05) is 18.2 Å². The van der Waals surface area contributed by atoms with Gasteiger partial charge in [0.05, 0.1) is 5.88 Å². The number of anilines is 1. The van der Waals surface area contributed by atoms with Gasteiger partial charge in [0, 0.05) is 11.9 Å². The lowest BCUT2D eigenvalue weighted by Crippen LogP contribution is -2.11. The zero-order chi connectivity index (χ0) is 8.39. The van der Waals surface area contributed by atoms with Gasteiger partial charge in [0.1, 0.15) is 0 Å². The summed E-state index contributed by atoms with van der Waals surface area (Å²) >= 11 is 1.83. The standard InChI is InChI=1S/C10H11NS/c1-9-4-2-3-5-10(9)11-6-7-12-8-11/h2-7H,8H2,1H3. The number of nitrogens with zero attached hydrogens (tertiary/aromatic N) is 1. The number of rotatable bonds is 1. The maximum atomic E-state index is 2.26. The van der Waals surface area contributed by atoms with Crippen molar-refractivity contribution < 1.29 is 0 Å². The highest BCUT2D eigenvalue weighted by Gasteiger charge is 2.08. The van der Waals surface area contributed by atoms with Gasteiger partial charge < -0.3 is 4.90 Å². The summed E-state index contributed by atoms with van der Waals surface area (Å²) in [6.45, 7) is 2.14. The van der Waals surface area contributed by atoms with E-state index in [1.807, 2.05) is 11.8 Å². The summed E-state index contributed by atoms with van der Waals surface area (Å²) in [6.07, 6.45) is 2.13. The van der Waals surface area contributed by atoms with E-state index in [1.54, 1.807) is 0 Å². The molecule has 2 heteroatoms. The Kier molecular flexibility index (Phi) is 2.09. The van der Waals surface area contributed by atoms with Crippen LogP contribution in [0.3, 0.4) is 0 Å². The topological polar surface area (TPSA) is 3.24 Å². The van der Waals surface area contributed by atoms with Crippen molar-refractivity contribution in [1.29, 1.82) is 0 Å². The van der Waals surface area contributed by atoms with Crippen molar-refractivity contribution in [1.82, 2.24) is 0 Å². The van der Waals surface area contributed by atoms with Gasteiger partial charge in [0.2, 0.25) is 0 Å². The molecule has 1 aromatic rings. The van der Waals surface area contributed by atoms with E-state index in [4.69, 9.17) is 0 Å². The molecule has 0 N–H and O–H groups in total. The van der Waals surface area contributed by atoms with Crippen LogP contribution in [0.4, 0.5) is 5.69 Å². The molecule has 1 heterocycles. The van der Waals surface area contributed by atoms with Gasteiger partial charge in [0.25, 0.3) is 0 Å². The Balaban J connectivity index is 2.33. The molecule has 62 valence electrons. The first-order valence-electron chi connectivity index (χ1n) is 3.98. The second-order valence-electron chi connectivity index (χ2n) is 2.84. The van der Waals surface area contributed by atoms with E-state index in [0.717, 1.165) is 5.88 Å². The van der Waals surface area contributed by atoms with Crippen molar-refractivity contribution in [2.75, 3.05) is 10.8 Å². The number of benzene rings is 1. The van der Waals surface area contributed by atoms with Crippen LogP contribution in [0.5, 0.6) is 0 Å². The summed E-state index contributed by atoms with van der Waals surface area (Å²) in [5, 5.41) is 2.13. The van der Waals surface area contributed by atoms with Crippen molar-refractivity contribution >= 4 is 17.4 Å². The molecular weight excluding hydrogens is 166 g/mol. The molecule has 0 amide bonds. The number of aryl methyl sites for hydroxylation is 1. The van der Waals surface area contributed by atoms with Crippen LogP contribution in [-0.2, 0) is 0 Å². The van der Waals surface area contributed by atoms with E-state index in [-0.39, 0.29) is 0 Å². The summed E-state index contributed by atoms with van der Waals surface area (Å²) in [7, 11) is 0. The van der Waals surface area contributed by atoms with Crippen LogP contribution < -0.4 is 4.90 Å². The summed E-state index contributed by atoms with van der Waals surface area (Å²) < 4.78 is 0. The van der Waals surface area contributed by atoms with E-state index in [0.29, 0.717) is 0 Å². The van der Waals surface area contributed by atoms with E-state index < -0.39 is 0 Å². The van der Waals surface area contributed by atoms with Crippen molar-refractivity contribution in [3.05, 3.63) is 41.4 Å². The van der Waals surface area contributed by atoms with Crippen molar-refractivity contribution in [3.63, 3.8) is 0 Å². The minimum absolute atomic E-state index is 1.05. The molecular formula is C10H11NS. The molecule has 0 saturated carbocycles. The van der Waals surface area contributed by atoms with Crippen LogP contribution >= 0.6 is 11.8 Å². The molecule has 1 aliphatic heterocycles. The van der Waals surface area contributed by atoms with Crippen molar-refractivity contribution in [3.8, 4) is 0 Å². The Morgan fingerprint density at radius 2 is 2.17 bits per heavy atom. The average molecular weight is 177 g/mol. The lowest BCUT2D eigenvalue weighted by atomic mass is 10.2. The van der Waals surface area contributed by atoms with Crippen LogP contribution in [0.2, 0.25) is 0 Å². The van der Waals surface area contributed by atoms with Gasteiger partial charge >= 0.3 is 0 Å². The number of hydrogen-bond acceptors (Lipinski definition) is 2. The summed E-state index contributed by atoms with van der Waals surface area (Å²) in [5.41, 5.74) is 2.66. The molecule has 1 aliphatic rings. The molecule has 1 nitrogen and oxygen atoms in total. The molecule has 0 spiro atoms. The van der Waals surface area contributed by atoms with Crippen LogP contribution in [0, 0.1) is 6.92 Å². The second kappa shape index (κ2) is 3.23. The molecule has 0 unspecified atom stereocenters. The third-order valence-electron chi connectivity index (χ3n) is 1.98. The highest BCUT2D eigenvalue weighted by atomic mass is 32.2. The first-order chi connectivity index (χ1) is 5.88. The van der Waals surface area contributed by atoms with E-state index in [2.05, 4.69) is 47.7 Å². The maximum absolute atomic E-state index is 2.26. The minimum atomic E-state index is 1.05. The minimum Gasteiger partial charge on any atom is -0.337 e. The van der Waals surface area contributed by atoms with Crippen molar-refractivity contribution in [2.45, 2.75) is 6.92 Å². The van der Waals surface area contributed by atoms with Crippen LogP contribution in [0.1, 0.15) is 5.56 Å². The van der Waals surface area contributed by atoms with E-state index in [9.17, 15) is 0 Å². The monoisotopic (exact) mass is 177 g/mol. The number of hydrogen-bond donors (Lipinski definition) is 0. The molecule has 2 rings (SSSR count). The molecule has 1 aromatic carbocycles. The quantitative estimate of drug-likeness (QED) is 0.648. The SMILES string of the molecule is Cc1ccccc1N1C=CSC1. The largest absolute Gasteiger partial charge is 0.337 e. The molecule has 0 saturated heterocycles. The molecule has 0 aliphatic carbocycles.